The van der Waals surface area contributed by atoms with E-state index >= 15 is 0 Å². The summed E-state index contributed by atoms with van der Waals surface area (Å²) in [7, 11) is -4.46. The van der Waals surface area contributed by atoms with Crippen molar-refractivity contribution in [2.24, 2.45) is 0 Å². The second-order valence-corrected chi connectivity index (χ2v) is 16.6. The average molecular weight is 766 g/mol. The van der Waals surface area contributed by atoms with Gasteiger partial charge in [0.2, 0.25) is 5.91 Å². The fourth-order valence-electron chi connectivity index (χ4n) is 6.44. The molecule has 3 unspecified atom stereocenters. The average Bonchev–Trinajstić information content (AvgIpc) is 3.12. The van der Waals surface area contributed by atoms with Crippen molar-refractivity contribution in [1.29, 1.82) is 0 Å². The first-order valence-corrected chi connectivity index (χ1v) is 23.6. The van der Waals surface area contributed by atoms with Crippen LogP contribution in [0.25, 0.3) is 0 Å². The lowest BCUT2D eigenvalue weighted by molar-refractivity contribution is -0.130. The fraction of sp³-hybridized carbons (Fsp3) is 0.800. The summed E-state index contributed by atoms with van der Waals surface area (Å²) in [5.41, 5.74) is 0. The van der Waals surface area contributed by atoms with E-state index in [9.17, 15) is 28.0 Å². The topological polar surface area (TPSA) is 124 Å². The van der Waals surface area contributed by atoms with Gasteiger partial charge < -0.3 is 15.5 Å². The number of aliphatic hydroxyl groups excluding tert-OH is 2. The molecule has 3 atom stereocenters. The maximum Gasteiger partial charge on any atom is 0.267 e. The zero-order valence-corrected chi connectivity index (χ0v) is 35.1. The summed E-state index contributed by atoms with van der Waals surface area (Å²) in [6, 6.07) is -1.25. The van der Waals surface area contributed by atoms with E-state index in [0.717, 1.165) is 57.8 Å². The Morgan fingerprint density at radius 2 is 0.906 bits per heavy atom. The molecular formula is C45H83NO6S. The molecule has 0 aromatic rings. The van der Waals surface area contributed by atoms with Gasteiger partial charge in [-0.15, -0.1) is 0 Å². The van der Waals surface area contributed by atoms with Crippen LogP contribution in [-0.2, 0) is 14.9 Å². The van der Waals surface area contributed by atoms with E-state index in [1.807, 2.05) is 0 Å². The largest absolute Gasteiger partial charge is 0.387 e. The fourth-order valence-corrected chi connectivity index (χ4v) is 7.18. The highest BCUT2D eigenvalue weighted by Crippen LogP contribution is 2.14. The maximum atomic E-state index is 12.6. The number of nitrogens with one attached hydrogen (secondary N) is 1. The molecule has 0 saturated carbocycles. The number of hydrogen-bond acceptors (Lipinski definition) is 5. The molecule has 0 aliphatic heterocycles. The number of carbonyl (C=O) groups excluding carboxylic acids is 1. The second-order valence-electron chi connectivity index (χ2n) is 15.1. The van der Waals surface area contributed by atoms with Crippen LogP contribution in [0.15, 0.2) is 48.6 Å². The second kappa shape index (κ2) is 38.5. The molecule has 53 heavy (non-hydrogen) atoms. The van der Waals surface area contributed by atoms with Crippen molar-refractivity contribution >= 4 is 16.0 Å². The monoisotopic (exact) mass is 766 g/mol. The van der Waals surface area contributed by atoms with Gasteiger partial charge >= 0.3 is 0 Å². The lowest BCUT2D eigenvalue weighted by atomic mass is 10.0. The molecule has 0 aliphatic carbocycles. The van der Waals surface area contributed by atoms with Gasteiger partial charge in [-0.3, -0.25) is 9.35 Å². The molecule has 4 N–H and O–H groups in total. The third-order valence-corrected chi connectivity index (χ3v) is 10.6. The maximum absolute atomic E-state index is 12.6. The third-order valence-electron chi connectivity index (χ3n) is 9.84. The highest BCUT2D eigenvalue weighted by molar-refractivity contribution is 7.85. The van der Waals surface area contributed by atoms with E-state index in [-0.39, 0.29) is 6.42 Å². The summed E-state index contributed by atoms with van der Waals surface area (Å²) < 4.78 is 32.5. The van der Waals surface area contributed by atoms with Crippen LogP contribution >= 0.6 is 0 Å². The Kier molecular flexibility index (Phi) is 37.3. The SMILES string of the molecule is CCCCCCCCCC/C=C/CC/C=C/C(O)C(CS(=O)(=O)O)NC(=O)C(O)CCCCCCCC/C=C\C/C=C\CCCCCCCCCCC. The first-order valence-electron chi connectivity index (χ1n) is 21.9. The van der Waals surface area contributed by atoms with Crippen LogP contribution < -0.4 is 5.32 Å². The van der Waals surface area contributed by atoms with Gasteiger partial charge in [0.15, 0.2) is 0 Å². The molecule has 0 aliphatic rings. The summed E-state index contributed by atoms with van der Waals surface area (Å²) in [5.74, 6) is -1.57. The number of allylic oxidation sites excluding steroid dienone is 7. The van der Waals surface area contributed by atoms with Gasteiger partial charge in [-0.1, -0.05) is 191 Å². The normalized spacial score (nSPS) is 14.3. The zero-order chi connectivity index (χ0) is 39.1. The Hall–Kier alpha value is -1.74. The first kappa shape index (κ1) is 51.3. The molecule has 0 spiro atoms. The molecule has 1 amide bonds. The summed E-state index contributed by atoms with van der Waals surface area (Å²) in [4.78, 5) is 12.6. The minimum atomic E-state index is -4.46. The van der Waals surface area contributed by atoms with Crippen LogP contribution in [0.5, 0.6) is 0 Å². The van der Waals surface area contributed by atoms with Crippen LogP contribution in [-0.4, -0.2) is 53.1 Å². The van der Waals surface area contributed by atoms with Gasteiger partial charge in [-0.2, -0.15) is 8.42 Å². The number of unbranched alkanes of at least 4 members (excludes halogenated alkanes) is 24. The van der Waals surface area contributed by atoms with Gasteiger partial charge in [0, 0.05) is 0 Å². The molecule has 310 valence electrons. The Morgan fingerprint density at radius 3 is 1.36 bits per heavy atom. The summed E-state index contributed by atoms with van der Waals surface area (Å²) >= 11 is 0. The van der Waals surface area contributed by atoms with Crippen molar-refractivity contribution in [3.05, 3.63) is 48.6 Å². The number of carbonyl (C=O) groups is 1. The predicted octanol–water partition coefficient (Wildman–Crippen LogP) is 12.0. The highest BCUT2D eigenvalue weighted by Gasteiger charge is 2.27. The van der Waals surface area contributed by atoms with Gasteiger partial charge in [0.25, 0.3) is 10.1 Å². The Morgan fingerprint density at radius 1 is 0.528 bits per heavy atom. The van der Waals surface area contributed by atoms with Gasteiger partial charge in [0.05, 0.1) is 17.9 Å². The summed E-state index contributed by atoms with van der Waals surface area (Å²) in [6.07, 6.45) is 48.9. The zero-order valence-electron chi connectivity index (χ0n) is 34.2. The standard InChI is InChI=1S/C45H83NO6S/c1-3-5-7-9-11-13-15-17-19-20-21-22-23-24-25-26-28-30-32-34-36-38-40-44(48)45(49)46-42(41-53(50,51)52)43(47)39-37-35-33-31-29-27-18-16-14-12-10-8-6-4-2/h21-22,24-25,29,31,37,39,42-44,47-48H,3-20,23,26-28,30,32-36,38,40-41H2,1-2H3,(H,46,49)(H,50,51,52)/b22-21-,25-24-,31-29+,39-37+. The van der Waals surface area contributed by atoms with Crippen molar-refractivity contribution in [3.8, 4) is 0 Å². The molecule has 0 saturated heterocycles. The molecular weight excluding hydrogens is 683 g/mol. The van der Waals surface area contributed by atoms with Crippen LogP contribution in [0, 0.1) is 0 Å². The molecule has 0 bridgehead atoms. The molecule has 0 rings (SSSR count). The number of aliphatic hydroxyl groups is 2. The molecule has 0 fully saturated rings. The van der Waals surface area contributed by atoms with E-state index in [1.54, 1.807) is 6.08 Å². The van der Waals surface area contributed by atoms with E-state index in [4.69, 9.17) is 0 Å². The Labute approximate surface area is 327 Å². The predicted molar refractivity (Wildman–Crippen MR) is 227 cm³/mol. The van der Waals surface area contributed by atoms with Crippen LogP contribution in [0.3, 0.4) is 0 Å². The molecule has 0 heterocycles. The molecule has 8 heteroatoms. The number of amides is 1. The van der Waals surface area contributed by atoms with Gasteiger partial charge in [-0.25, -0.2) is 0 Å². The number of rotatable bonds is 39. The van der Waals surface area contributed by atoms with Crippen molar-refractivity contribution in [1.82, 2.24) is 5.32 Å². The first-order chi connectivity index (χ1) is 25.7. The third kappa shape index (κ3) is 38.3. The minimum absolute atomic E-state index is 0.261. The Balaban J connectivity index is 4.03. The van der Waals surface area contributed by atoms with Crippen LogP contribution in [0.1, 0.15) is 206 Å². The van der Waals surface area contributed by atoms with Crippen molar-refractivity contribution in [2.45, 2.75) is 225 Å². The Bertz CT molecular complexity index is 1040. The summed E-state index contributed by atoms with van der Waals surface area (Å²) in [5, 5.41) is 23.4. The van der Waals surface area contributed by atoms with E-state index in [2.05, 4.69) is 55.6 Å². The van der Waals surface area contributed by atoms with Gasteiger partial charge in [0.1, 0.15) is 6.10 Å². The highest BCUT2D eigenvalue weighted by atomic mass is 32.2. The van der Waals surface area contributed by atoms with Crippen molar-refractivity contribution < 1.29 is 28.0 Å². The quantitative estimate of drug-likeness (QED) is 0.0281. The molecule has 0 aromatic heterocycles. The van der Waals surface area contributed by atoms with Gasteiger partial charge in [-0.05, 0) is 64.2 Å². The van der Waals surface area contributed by atoms with E-state index < -0.39 is 40.0 Å². The van der Waals surface area contributed by atoms with E-state index in [0.29, 0.717) is 12.8 Å². The van der Waals surface area contributed by atoms with Crippen LogP contribution in [0.4, 0.5) is 0 Å². The molecule has 7 nitrogen and oxygen atoms in total. The minimum Gasteiger partial charge on any atom is -0.387 e. The van der Waals surface area contributed by atoms with Crippen molar-refractivity contribution in [3.63, 3.8) is 0 Å². The summed E-state index contributed by atoms with van der Waals surface area (Å²) in [6.45, 7) is 4.50. The molecule has 0 aromatic carbocycles. The lowest BCUT2D eigenvalue weighted by Gasteiger charge is -2.22. The lowest BCUT2D eigenvalue weighted by Crippen LogP contribution is -2.50. The smallest absolute Gasteiger partial charge is 0.267 e. The molecule has 0 radical (unpaired) electrons. The van der Waals surface area contributed by atoms with Crippen LogP contribution in [0.2, 0.25) is 0 Å². The number of hydrogen-bond donors (Lipinski definition) is 4. The van der Waals surface area contributed by atoms with Crippen molar-refractivity contribution in [2.75, 3.05) is 5.75 Å². The van der Waals surface area contributed by atoms with E-state index in [1.165, 1.54) is 122 Å².